The van der Waals surface area contributed by atoms with Crippen molar-refractivity contribution in [1.82, 2.24) is 0 Å². The molecule has 0 aliphatic heterocycles. The van der Waals surface area contributed by atoms with Crippen LogP contribution in [0.5, 0.6) is 5.75 Å². The van der Waals surface area contributed by atoms with Crippen molar-refractivity contribution in [3.63, 3.8) is 0 Å². The SMILES string of the molecule is CCC1CCC(C(=O)Nc2ccc(OC)cc2)CC1. The van der Waals surface area contributed by atoms with E-state index >= 15 is 0 Å². The van der Waals surface area contributed by atoms with Gasteiger partial charge in [0.1, 0.15) is 5.75 Å². The minimum absolute atomic E-state index is 0.166. The summed E-state index contributed by atoms with van der Waals surface area (Å²) < 4.78 is 5.10. The van der Waals surface area contributed by atoms with E-state index in [1.165, 1.54) is 19.3 Å². The number of anilines is 1. The van der Waals surface area contributed by atoms with E-state index in [-0.39, 0.29) is 11.8 Å². The third kappa shape index (κ3) is 3.72. The van der Waals surface area contributed by atoms with E-state index in [1.807, 2.05) is 24.3 Å². The number of amides is 1. The predicted molar refractivity (Wildman–Crippen MR) is 77.4 cm³/mol. The summed E-state index contributed by atoms with van der Waals surface area (Å²) in [6.45, 7) is 2.24. The fourth-order valence-corrected chi connectivity index (χ4v) is 2.75. The summed E-state index contributed by atoms with van der Waals surface area (Å²) in [5.41, 5.74) is 0.850. The highest BCUT2D eigenvalue weighted by Gasteiger charge is 2.25. The fraction of sp³-hybridized carbons (Fsp3) is 0.562. The topological polar surface area (TPSA) is 38.3 Å². The first kappa shape index (κ1) is 13.9. The molecule has 0 unspecified atom stereocenters. The van der Waals surface area contributed by atoms with E-state index in [1.54, 1.807) is 7.11 Å². The number of ether oxygens (including phenoxy) is 1. The third-order valence-corrected chi connectivity index (χ3v) is 4.15. The summed E-state index contributed by atoms with van der Waals surface area (Å²) in [6.07, 6.45) is 5.68. The van der Waals surface area contributed by atoms with Crippen LogP contribution in [-0.2, 0) is 4.79 Å². The molecule has 0 bridgehead atoms. The Morgan fingerprint density at radius 1 is 1.21 bits per heavy atom. The quantitative estimate of drug-likeness (QED) is 0.894. The molecule has 3 heteroatoms. The number of nitrogens with one attached hydrogen (secondary N) is 1. The zero-order valence-electron chi connectivity index (χ0n) is 11.8. The van der Waals surface area contributed by atoms with Crippen LogP contribution in [0, 0.1) is 11.8 Å². The summed E-state index contributed by atoms with van der Waals surface area (Å²) >= 11 is 0. The van der Waals surface area contributed by atoms with Gasteiger partial charge in [0, 0.05) is 11.6 Å². The third-order valence-electron chi connectivity index (χ3n) is 4.15. The summed E-state index contributed by atoms with van der Waals surface area (Å²) in [7, 11) is 1.64. The Labute approximate surface area is 115 Å². The van der Waals surface area contributed by atoms with Gasteiger partial charge in [0.2, 0.25) is 5.91 Å². The molecule has 0 spiro atoms. The molecular formula is C16H23NO2. The number of carbonyl (C=O) groups excluding carboxylic acids is 1. The molecule has 1 amide bonds. The highest BCUT2D eigenvalue weighted by atomic mass is 16.5. The number of hydrogen-bond donors (Lipinski definition) is 1. The number of hydrogen-bond acceptors (Lipinski definition) is 2. The Morgan fingerprint density at radius 3 is 2.37 bits per heavy atom. The van der Waals surface area contributed by atoms with Crippen molar-refractivity contribution in [3.8, 4) is 5.75 Å². The predicted octanol–water partition coefficient (Wildman–Crippen LogP) is 3.85. The number of rotatable bonds is 4. The maximum absolute atomic E-state index is 12.2. The van der Waals surface area contributed by atoms with Gasteiger partial charge in [0.15, 0.2) is 0 Å². The van der Waals surface area contributed by atoms with Gasteiger partial charge in [-0.1, -0.05) is 13.3 Å². The molecule has 19 heavy (non-hydrogen) atoms. The van der Waals surface area contributed by atoms with Gasteiger partial charge in [-0.15, -0.1) is 0 Å². The second-order valence-corrected chi connectivity index (χ2v) is 5.34. The Kier molecular flexibility index (Phi) is 4.83. The standard InChI is InChI=1S/C16H23NO2/c1-3-12-4-6-13(7-5-12)16(18)17-14-8-10-15(19-2)11-9-14/h8-13H,3-7H2,1-2H3,(H,17,18). The van der Waals surface area contributed by atoms with Crippen LogP contribution in [0.2, 0.25) is 0 Å². The molecule has 104 valence electrons. The van der Waals surface area contributed by atoms with Crippen LogP contribution in [0.15, 0.2) is 24.3 Å². The number of carbonyl (C=O) groups is 1. The van der Waals surface area contributed by atoms with Crippen molar-refractivity contribution in [2.75, 3.05) is 12.4 Å². The lowest BCUT2D eigenvalue weighted by molar-refractivity contribution is -0.121. The Bertz CT molecular complexity index is 405. The van der Waals surface area contributed by atoms with Gasteiger partial charge in [-0.25, -0.2) is 0 Å². The van der Waals surface area contributed by atoms with Crippen LogP contribution in [0.25, 0.3) is 0 Å². The first-order valence-corrected chi connectivity index (χ1v) is 7.17. The van der Waals surface area contributed by atoms with Crippen LogP contribution in [0.3, 0.4) is 0 Å². The Balaban J connectivity index is 1.86. The molecule has 3 nitrogen and oxygen atoms in total. The summed E-state index contributed by atoms with van der Waals surface area (Å²) in [5, 5.41) is 3.00. The van der Waals surface area contributed by atoms with Crippen LogP contribution in [-0.4, -0.2) is 13.0 Å². The van der Waals surface area contributed by atoms with Crippen molar-refractivity contribution < 1.29 is 9.53 Å². The van der Waals surface area contributed by atoms with Gasteiger partial charge in [-0.05, 0) is 55.9 Å². The van der Waals surface area contributed by atoms with Crippen molar-refractivity contribution in [2.45, 2.75) is 39.0 Å². The largest absolute Gasteiger partial charge is 0.497 e. The first-order chi connectivity index (χ1) is 9.22. The van der Waals surface area contributed by atoms with Gasteiger partial charge >= 0.3 is 0 Å². The van der Waals surface area contributed by atoms with Crippen molar-refractivity contribution in [1.29, 1.82) is 0 Å². The normalized spacial score (nSPS) is 22.8. The maximum Gasteiger partial charge on any atom is 0.227 e. The van der Waals surface area contributed by atoms with E-state index in [9.17, 15) is 4.79 Å². The van der Waals surface area contributed by atoms with Crippen LogP contribution >= 0.6 is 0 Å². The van der Waals surface area contributed by atoms with E-state index in [0.29, 0.717) is 0 Å². The lowest BCUT2D eigenvalue weighted by atomic mass is 9.80. The molecule has 1 fully saturated rings. The summed E-state index contributed by atoms with van der Waals surface area (Å²) in [4.78, 5) is 12.2. The van der Waals surface area contributed by atoms with Crippen molar-refractivity contribution in [2.24, 2.45) is 11.8 Å². The van der Waals surface area contributed by atoms with Gasteiger partial charge in [-0.2, -0.15) is 0 Å². The second kappa shape index (κ2) is 6.60. The lowest BCUT2D eigenvalue weighted by Crippen LogP contribution is -2.27. The minimum Gasteiger partial charge on any atom is -0.497 e. The van der Waals surface area contributed by atoms with Crippen LogP contribution in [0.1, 0.15) is 39.0 Å². The molecule has 1 aliphatic rings. The zero-order chi connectivity index (χ0) is 13.7. The molecular weight excluding hydrogens is 238 g/mol. The molecule has 1 N–H and O–H groups in total. The molecule has 0 aromatic heterocycles. The average Bonchev–Trinajstić information content (AvgIpc) is 2.48. The van der Waals surface area contributed by atoms with E-state index < -0.39 is 0 Å². The van der Waals surface area contributed by atoms with Gasteiger partial charge < -0.3 is 10.1 Å². The Hall–Kier alpha value is -1.51. The van der Waals surface area contributed by atoms with E-state index in [4.69, 9.17) is 4.74 Å². The van der Waals surface area contributed by atoms with E-state index in [2.05, 4.69) is 12.2 Å². The molecule has 0 radical (unpaired) electrons. The second-order valence-electron chi connectivity index (χ2n) is 5.34. The van der Waals surface area contributed by atoms with Gasteiger partial charge in [-0.3, -0.25) is 4.79 Å². The molecule has 0 heterocycles. The van der Waals surface area contributed by atoms with Gasteiger partial charge in [0.05, 0.1) is 7.11 Å². The highest BCUT2D eigenvalue weighted by molar-refractivity contribution is 5.92. The molecule has 1 aromatic carbocycles. The smallest absolute Gasteiger partial charge is 0.227 e. The van der Waals surface area contributed by atoms with Crippen LogP contribution < -0.4 is 10.1 Å². The molecule has 1 saturated carbocycles. The van der Waals surface area contributed by atoms with E-state index in [0.717, 1.165) is 30.2 Å². The fourth-order valence-electron chi connectivity index (χ4n) is 2.75. The van der Waals surface area contributed by atoms with Crippen molar-refractivity contribution in [3.05, 3.63) is 24.3 Å². The maximum atomic E-state index is 12.2. The molecule has 1 aromatic rings. The molecule has 0 atom stereocenters. The summed E-state index contributed by atoms with van der Waals surface area (Å²) in [5.74, 6) is 1.98. The summed E-state index contributed by atoms with van der Waals surface area (Å²) in [6, 6.07) is 7.50. The van der Waals surface area contributed by atoms with Crippen LogP contribution in [0.4, 0.5) is 5.69 Å². The molecule has 1 aliphatic carbocycles. The lowest BCUT2D eigenvalue weighted by Gasteiger charge is -2.26. The number of methoxy groups -OCH3 is 1. The monoisotopic (exact) mass is 261 g/mol. The average molecular weight is 261 g/mol. The Morgan fingerprint density at radius 2 is 1.84 bits per heavy atom. The zero-order valence-corrected chi connectivity index (χ0v) is 11.8. The minimum atomic E-state index is 0.166. The first-order valence-electron chi connectivity index (χ1n) is 7.17. The number of benzene rings is 1. The highest BCUT2D eigenvalue weighted by Crippen LogP contribution is 2.31. The molecule has 2 rings (SSSR count). The molecule has 0 saturated heterocycles. The van der Waals surface area contributed by atoms with Gasteiger partial charge in [0.25, 0.3) is 0 Å². The van der Waals surface area contributed by atoms with Crippen molar-refractivity contribution >= 4 is 11.6 Å².